The first kappa shape index (κ1) is 6.50. The van der Waals surface area contributed by atoms with Gasteiger partial charge in [0.05, 0.1) is 12.4 Å². The van der Waals surface area contributed by atoms with E-state index in [1.54, 1.807) is 13.0 Å². The van der Waals surface area contributed by atoms with E-state index < -0.39 is 0 Å². The van der Waals surface area contributed by atoms with Crippen molar-refractivity contribution in [2.45, 2.75) is 13.3 Å². The third-order valence-electron chi connectivity index (χ3n) is 0.701. The summed E-state index contributed by atoms with van der Waals surface area (Å²) in [7, 11) is 0. The Bertz CT molecular complexity index is 66.5. The van der Waals surface area contributed by atoms with E-state index in [1.165, 1.54) is 0 Å². The minimum absolute atomic E-state index is 0.0240. The molecule has 2 nitrogen and oxygen atoms in total. The van der Waals surface area contributed by atoms with Crippen LogP contribution in [0.4, 0.5) is 0 Å². The molecule has 0 saturated heterocycles. The second-order valence-electron chi connectivity index (χ2n) is 1.25. The molecule has 0 aliphatic heterocycles. The van der Waals surface area contributed by atoms with Crippen molar-refractivity contribution in [3.05, 3.63) is 11.8 Å². The molecule has 2 N–H and O–H groups in total. The topological polar surface area (TPSA) is 40.5 Å². The molecule has 0 aliphatic rings. The first-order valence-corrected chi connectivity index (χ1v) is 2.26. The van der Waals surface area contributed by atoms with Crippen molar-refractivity contribution in [2.24, 2.45) is 0 Å². The van der Waals surface area contributed by atoms with Gasteiger partial charge in [-0.3, -0.25) is 0 Å². The molecular formula is C5H10O2. The van der Waals surface area contributed by atoms with Crippen LogP contribution >= 0.6 is 0 Å². The zero-order chi connectivity index (χ0) is 5.70. The van der Waals surface area contributed by atoms with Gasteiger partial charge in [-0.05, 0) is 13.0 Å². The number of aliphatic hydroxyl groups excluding tert-OH is 2. The maximum absolute atomic E-state index is 8.56. The molecule has 0 radical (unpaired) electrons. The van der Waals surface area contributed by atoms with E-state index in [1.807, 2.05) is 0 Å². The van der Waals surface area contributed by atoms with Gasteiger partial charge in [-0.15, -0.1) is 0 Å². The zero-order valence-electron chi connectivity index (χ0n) is 4.39. The van der Waals surface area contributed by atoms with Crippen molar-refractivity contribution in [3.63, 3.8) is 0 Å². The molecule has 0 aromatic rings. The molecule has 42 valence electrons. The summed E-state index contributed by atoms with van der Waals surface area (Å²) in [6.07, 6.45) is 1.94. The Morgan fingerprint density at radius 1 is 1.71 bits per heavy atom. The van der Waals surface area contributed by atoms with Gasteiger partial charge in [-0.2, -0.15) is 0 Å². The number of hydrogen-bond donors (Lipinski definition) is 2. The summed E-state index contributed by atoms with van der Waals surface area (Å²) in [6.45, 7) is 1.75. The van der Waals surface area contributed by atoms with Crippen molar-refractivity contribution in [3.8, 4) is 0 Å². The van der Waals surface area contributed by atoms with E-state index in [0.29, 0.717) is 6.42 Å². The molecule has 0 aromatic carbocycles. The second-order valence-corrected chi connectivity index (χ2v) is 1.25. The van der Waals surface area contributed by atoms with Crippen molar-refractivity contribution < 1.29 is 10.2 Å². The molecule has 2 heteroatoms. The summed E-state index contributed by atoms with van der Waals surface area (Å²) in [5.74, 6) is 0.252. The van der Waals surface area contributed by atoms with Crippen LogP contribution in [0.5, 0.6) is 0 Å². The Balaban J connectivity index is 3.17. The molecule has 0 fully saturated rings. The lowest BCUT2D eigenvalue weighted by Gasteiger charge is -1.89. The highest BCUT2D eigenvalue weighted by Gasteiger charge is 1.84. The fourth-order valence-corrected chi connectivity index (χ4v) is 0.259. The Morgan fingerprint density at radius 2 is 2.29 bits per heavy atom. The highest BCUT2D eigenvalue weighted by Crippen LogP contribution is 1.91. The first-order chi connectivity index (χ1) is 3.31. The van der Waals surface area contributed by atoms with E-state index in [0.717, 1.165) is 0 Å². The van der Waals surface area contributed by atoms with Gasteiger partial charge in [0.2, 0.25) is 0 Å². The third-order valence-corrected chi connectivity index (χ3v) is 0.701. The second kappa shape index (κ2) is 3.68. The minimum atomic E-state index is 0.0240. The highest BCUT2D eigenvalue weighted by atomic mass is 16.3. The zero-order valence-corrected chi connectivity index (χ0v) is 4.39. The van der Waals surface area contributed by atoms with Crippen molar-refractivity contribution in [1.29, 1.82) is 0 Å². The minimum Gasteiger partial charge on any atom is -0.513 e. The fraction of sp³-hybridized carbons (Fsp3) is 0.600. The fourth-order valence-electron chi connectivity index (χ4n) is 0.259. The standard InChI is InChI=1S/C5H10O2/c1-2-5(7)3-4-6/h2,6-7H,3-4H2,1H3. The summed E-state index contributed by atoms with van der Waals surface area (Å²) in [4.78, 5) is 0. The molecule has 0 atom stereocenters. The van der Waals surface area contributed by atoms with Crippen LogP contribution in [0.15, 0.2) is 11.8 Å². The number of allylic oxidation sites excluding steroid dienone is 1. The Kier molecular flexibility index (Phi) is 3.42. The van der Waals surface area contributed by atoms with Crippen LogP contribution in [0.2, 0.25) is 0 Å². The Hall–Kier alpha value is -0.500. The van der Waals surface area contributed by atoms with Crippen LogP contribution in [-0.4, -0.2) is 16.8 Å². The van der Waals surface area contributed by atoms with Gasteiger partial charge in [-0.1, -0.05) is 0 Å². The van der Waals surface area contributed by atoms with Gasteiger partial charge in [-0.25, -0.2) is 0 Å². The molecule has 0 spiro atoms. The smallest absolute Gasteiger partial charge is 0.0902 e. The Labute approximate surface area is 43.1 Å². The van der Waals surface area contributed by atoms with E-state index in [4.69, 9.17) is 10.2 Å². The largest absolute Gasteiger partial charge is 0.513 e. The van der Waals surface area contributed by atoms with Crippen molar-refractivity contribution in [2.75, 3.05) is 6.61 Å². The molecule has 0 heterocycles. The maximum atomic E-state index is 8.56. The molecule has 0 amide bonds. The quantitative estimate of drug-likeness (QED) is 0.507. The van der Waals surface area contributed by atoms with E-state index >= 15 is 0 Å². The molecule has 0 rings (SSSR count). The van der Waals surface area contributed by atoms with Crippen LogP contribution in [0.25, 0.3) is 0 Å². The SMILES string of the molecule is CC=C(O)CCO. The van der Waals surface area contributed by atoms with Gasteiger partial charge in [0.1, 0.15) is 0 Å². The number of rotatable bonds is 2. The maximum Gasteiger partial charge on any atom is 0.0902 e. The van der Waals surface area contributed by atoms with Gasteiger partial charge in [0.15, 0.2) is 0 Å². The highest BCUT2D eigenvalue weighted by molar-refractivity contribution is 4.86. The lowest BCUT2D eigenvalue weighted by molar-refractivity contribution is 0.268. The van der Waals surface area contributed by atoms with Crippen LogP contribution in [0, 0.1) is 0 Å². The monoisotopic (exact) mass is 102 g/mol. The summed E-state index contributed by atoms with van der Waals surface area (Å²) in [5, 5.41) is 16.7. The summed E-state index contributed by atoms with van der Waals surface area (Å²) >= 11 is 0. The molecule has 0 aromatic heterocycles. The summed E-state index contributed by atoms with van der Waals surface area (Å²) in [5.41, 5.74) is 0. The van der Waals surface area contributed by atoms with Crippen LogP contribution < -0.4 is 0 Å². The van der Waals surface area contributed by atoms with Crippen LogP contribution in [0.3, 0.4) is 0 Å². The predicted octanol–water partition coefficient (Wildman–Crippen LogP) is 0.831. The van der Waals surface area contributed by atoms with Crippen LogP contribution in [0.1, 0.15) is 13.3 Å². The van der Waals surface area contributed by atoms with E-state index in [-0.39, 0.29) is 12.4 Å². The predicted molar refractivity (Wildman–Crippen MR) is 28.1 cm³/mol. The van der Waals surface area contributed by atoms with E-state index in [2.05, 4.69) is 0 Å². The van der Waals surface area contributed by atoms with Gasteiger partial charge in [0.25, 0.3) is 0 Å². The first-order valence-electron chi connectivity index (χ1n) is 2.26. The third kappa shape index (κ3) is 3.33. The molecule has 7 heavy (non-hydrogen) atoms. The van der Waals surface area contributed by atoms with E-state index in [9.17, 15) is 0 Å². The molecule has 0 bridgehead atoms. The normalized spacial score (nSPS) is 12.0. The van der Waals surface area contributed by atoms with Gasteiger partial charge in [0, 0.05) is 6.42 Å². The summed E-state index contributed by atoms with van der Waals surface area (Å²) < 4.78 is 0. The molecular weight excluding hydrogens is 92.1 g/mol. The Morgan fingerprint density at radius 3 is 2.43 bits per heavy atom. The number of aliphatic hydroxyl groups is 2. The van der Waals surface area contributed by atoms with Gasteiger partial charge < -0.3 is 10.2 Å². The molecule has 0 aliphatic carbocycles. The molecule has 0 unspecified atom stereocenters. The number of hydrogen-bond acceptors (Lipinski definition) is 2. The average molecular weight is 102 g/mol. The lowest BCUT2D eigenvalue weighted by atomic mass is 10.4. The average Bonchev–Trinajstić information content (AvgIpc) is 1.68. The summed E-state index contributed by atoms with van der Waals surface area (Å²) in [6, 6.07) is 0. The lowest BCUT2D eigenvalue weighted by Crippen LogP contribution is -1.84. The molecule has 0 saturated carbocycles. The van der Waals surface area contributed by atoms with Crippen LogP contribution in [-0.2, 0) is 0 Å². The van der Waals surface area contributed by atoms with Gasteiger partial charge >= 0.3 is 0 Å². The van der Waals surface area contributed by atoms with Crippen molar-refractivity contribution >= 4 is 0 Å². The van der Waals surface area contributed by atoms with Crippen molar-refractivity contribution in [1.82, 2.24) is 0 Å².